The first-order chi connectivity index (χ1) is 11.5. The monoisotopic (exact) mass is 335 g/mol. The maximum Gasteiger partial charge on any atom is 0.319 e. The molecule has 0 fully saturated rings. The predicted octanol–water partition coefficient (Wildman–Crippen LogP) is 2.64. The van der Waals surface area contributed by atoms with E-state index in [1.54, 1.807) is 40.2 Å². The molecule has 0 saturated carbocycles. The van der Waals surface area contributed by atoms with Crippen LogP contribution in [0.5, 0.6) is 17.2 Å². The number of rotatable bonds is 6. The largest absolute Gasteiger partial charge is 0.493 e. The van der Waals surface area contributed by atoms with E-state index in [1.807, 2.05) is 0 Å². The summed E-state index contributed by atoms with van der Waals surface area (Å²) < 4.78 is 20.9. The Morgan fingerprint density at radius 2 is 1.75 bits per heavy atom. The fraction of sp³-hybridized carbons (Fsp3) is 0.375. The molecule has 0 saturated heterocycles. The van der Waals surface area contributed by atoms with Gasteiger partial charge in [-0.3, -0.25) is 0 Å². The first-order valence-corrected chi connectivity index (χ1v) is 7.26. The van der Waals surface area contributed by atoms with Gasteiger partial charge in [0.25, 0.3) is 0 Å². The van der Waals surface area contributed by atoms with E-state index in [0.717, 1.165) is 5.56 Å². The van der Waals surface area contributed by atoms with Crippen LogP contribution in [0.4, 0.5) is 10.5 Å². The number of methoxy groups -OCH3 is 3. The summed E-state index contributed by atoms with van der Waals surface area (Å²) in [6.07, 6.45) is 0. The second kappa shape index (κ2) is 7.58. The van der Waals surface area contributed by atoms with Gasteiger partial charge in [-0.2, -0.15) is 0 Å². The van der Waals surface area contributed by atoms with Crippen LogP contribution in [-0.4, -0.2) is 32.5 Å². The highest BCUT2D eigenvalue weighted by Crippen LogP contribution is 2.38. The molecule has 0 atom stereocenters. The highest BCUT2D eigenvalue weighted by molar-refractivity contribution is 5.90. The van der Waals surface area contributed by atoms with Gasteiger partial charge in [0.15, 0.2) is 17.3 Å². The molecular weight excluding hydrogens is 314 g/mol. The second-order valence-corrected chi connectivity index (χ2v) is 5.04. The second-order valence-electron chi connectivity index (χ2n) is 5.04. The Morgan fingerprint density at radius 1 is 1.12 bits per heavy atom. The minimum Gasteiger partial charge on any atom is -0.493 e. The van der Waals surface area contributed by atoms with Crippen LogP contribution in [0.3, 0.4) is 0 Å². The minimum absolute atomic E-state index is 0.284. The molecule has 0 unspecified atom stereocenters. The van der Waals surface area contributed by atoms with E-state index in [9.17, 15) is 4.79 Å². The van der Waals surface area contributed by atoms with Crippen molar-refractivity contribution >= 4 is 11.7 Å². The highest BCUT2D eigenvalue weighted by Gasteiger charge is 2.15. The average molecular weight is 335 g/mol. The summed E-state index contributed by atoms with van der Waals surface area (Å²) in [5.74, 6) is 2.11. The number of aryl methyl sites for hydroxylation is 2. The first kappa shape index (κ1) is 17.5. The number of carbonyl (C=O) groups is 1. The molecule has 2 N–H and O–H groups in total. The van der Waals surface area contributed by atoms with Gasteiger partial charge in [-0.1, -0.05) is 5.16 Å². The van der Waals surface area contributed by atoms with E-state index in [2.05, 4.69) is 15.8 Å². The average Bonchev–Trinajstić information content (AvgIpc) is 2.90. The molecule has 1 heterocycles. The molecule has 2 rings (SSSR count). The molecular formula is C16H21N3O5. The number of aromatic nitrogens is 1. The summed E-state index contributed by atoms with van der Waals surface area (Å²) in [6.45, 7) is 3.77. The maximum atomic E-state index is 12.0. The Bertz CT molecular complexity index is 682. The molecule has 1 aromatic carbocycles. The molecule has 8 heteroatoms. The molecule has 0 bridgehead atoms. The summed E-state index contributed by atoms with van der Waals surface area (Å²) in [5, 5.41) is 9.26. The highest BCUT2D eigenvalue weighted by atomic mass is 16.5. The fourth-order valence-corrected chi connectivity index (χ4v) is 2.24. The number of nitrogens with zero attached hydrogens (tertiary/aromatic N) is 1. The number of urea groups is 1. The van der Waals surface area contributed by atoms with Crippen LogP contribution < -0.4 is 24.8 Å². The molecule has 1 aromatic heterocycles. The number of carbonyl (C=O) groups excluding carboxylic acids is 1. The van der Waals surface area contributed by atoms with Crippen molar-refractivity contribution in [2.24, 2.45) is 0 Å². The topological polar surface area (TPSA) is 94.9 Å². The van der Waals surface area contributed by atoms with E-state index in [4.69, 9.17) is 18.7 Å². The molecule has 0 aliphatic carbocycles. The van der Waals surface area contributed by atoms with Crippen molar-refractivity contribution in [3.05, 3.63) is 29.2 Å². The van der Waals surface area contributed by atoms with Crippen molar-refractivity contribution in [3.63, 3.8) is 0 Å². The SMILES string of the molecule is COc1cc(CNC(=O)Nc2c(C)noc2C)cc(OC)c1OC. The van der Waals surface area contributed by atoms with Gasteiger partial charge in [-0.15, -0.1) is 0 Å². The number of amides is 2. The smallest absolute Gasteiger partial charge is 0.319 e. The first-order valence-electron chi connectivity index (χ1n) is 7.26. The summed E-state index contributed by atoms with van der Waals surface area (Å²) in [7, 11) is 4.62. The Balaban J connectivity index is 2.07. The Kier molecular flexibility index (Phi) is 5.51. The van der Waals surface area contributed by atoms with Crippen LogP contribution in [0.15, 0.2) is 16.7 Å². The molecule has 24 heavy (non-hydrogen) atoms. The van der Waals surface area contributed by atoms with Gasteiger partial charge in [0, 0.05) is 6.54 Å². The quantitative estimate of drug-likeness (QED) is 0.843. The van der Waals surface area contributed by atoms with Crippen molar-refractivity contribution in [2.75, 3.05) is 26.6 Å². The zero-order chi connectivity index (χ0) is 17.7. The molecule has 2 aromatic rings. The zero-order valence-corrected chi connectivity index (χ0v) is 14.4. The minimum atomic E-state index is -0.363. The van der Waals surface area contributed by atoms with Gasteiger partial charge in [-0.05, 0) is 31.5 Å². The normalized spacial score (nSPS) is 10.2. The molecule has 0 radical (unpaired) electrons. The van der Waals surface area contributed by atoms with Gasteiger partial charge >= 0.3 is 6.03 Å². The fourth-order valence-electron chi connectivity index (χ4n) is 2.24. The van der Waals surface area contributed by atoms with Crippen LogP contribution in [0, 0.1) is 13.8 Å². The summed E-state index contributed by atoms with van der Waals surface area (Å²) in [6, 6.07) is 3.19. The summed E-state index contributed by atoms with van der Waals surface area (Å²) in [4.78, 5) is 12.0. The number of ether oxygens (including phenoxy) is 3. The number of hydrogen-bond acceptors (Lipinski definition) is 6. The van der Waals surface area contributed by atoms with Crippen LogP contribution in [-0.2, 0) is 6.54 Å². The Hall–Kier alpha value is -2.90. The lowest BCUT2D eigenvalue weighted by molar-refractivity contribution is 0.251. The third-order valence-corrected chi connectivity index (χ3v) is 3.45. The lowest BCUT2D eigenvalue weighted by atomic mass is 10.2. The third kappa shape index (κ3) is 3.70. The van der Waals surface area contributed by atoms with E-state index in [1.165, 1.54) is 7.11 Å². The predicted molar refractivity (Wildman–Crippen MR) is 87.9 cm³/mol. The molecule has 130 valence electrons. The molecule has 0 aliphatic rings. The van der Waals surface area contributed by atoms with Gasteiger partial charge in [0.05, 0.1) is 21.3 Å². The number of nitrogens with one attached hydrogen (secondary N) is 2. The van der Waals surface area contributed by atoms with Crippen molar-refractivity contribution in [3.8, 4) is 17.2 Å². The van der Waals surface area contributed by atoms with E-state index >= 15 is 0 Å². The van der Waals surface area contributed by atoms with Crippen molar-refractivity contribution in [1.82, 2.24) is 10.5 Å². The van der Waals surface area contributed by atoms with E-state index in [0.29, 0.717) is 34.4 Å². The van der Waals surface area contributed by atoms with Crippen LogP contribution in [0.2, 0.25) is 0 Å². The lowest BCUT2D eigenvalue weighted by Crippen LogP contribution is -2.28. The maximum absolute atomic E-state index is 12.0. The Labute approximate surface area is 140 Å². The molecule has 0 spiro atoms. The summed E-state index contributed by atoms with van der Waals surface area (Å²) in [5.41, 5.74) is 1.99. The summed E-state index contributed by atoms with van der Waals surface area (Å²) >= 11 is 0. The van der Waals surface area contributed by atoms with E-state index in [-0.39, 0.29) is 12.6 Å². The van der Waals surface area contributed by atoms with E-state index < -0.39 is 0 Å². The van der Waals surface area contributed by atoms with Gasteiger partial charge in [0.2, 0.25) is 5.75 Å². The van der Waals surface area contributed by atoms with Gasteiger partial charge in [0.1, 0.15) is 11.4 Å². The van der Waals surface area contributed by atoms with Crippen LogP contribution in [0.25, 0.3) is 0 Å². The van der Waals surface area contributed by atoms with Crippen molar-refractivity contribution in [2.45, 2.75) is 20.4 Å². The number of anilines is 1. The van der Waals surface area contributed by atoms with Gasteiger partial charge in [-0.25, -0.2) is 4.79 Å². The zero-order valence-electron chi connectivity index (χ0n) is 14.4. The molecule has 8 nitrogen and oxygen atoms in total. The number of benzene rings is 1. The van der Waals surface area contributed by atoms with Crippen LogP contribution >= 0.6 is 0 Å². The third-order valence-electron chi connectivity index (χ3n) is 3.45. The van der Waals surface area contributed by atoms with Gasteiger partial charge < -0.3 is 29.4 Å². The van der Waals surface area contributed by atoms with Crippen molar-refractivity contribution in [1.29, 1.82) is 0 Å². The standard InChI is InChI=1S/C16H21N3O5/c1-9-14(10(2)24-19-9)18-16(20)17-8-11-6-12(21-3)15(23-5)13(7-11)22-4/h6-7H,8H2,1-5H3,(H2,17,18,20). The molecule has 2 amide bonds. The Morgan fingerprint density at radius 3 is 2.21 bits per heavy atom. The van der Waals surface area contributed by atoms with Crippen molar-refractivity contribution < 1.29 is 23.5 Å². The molecule has 0 aliphatic heterocycles. The van der Waals surface area contributed by atoms with Crippen LogP contribution in [0.1, 0.15) is 17.0 Å². The lowest BCUT2D eigenvalue weighted by Gasteiger charge is -2.14. The number of hydrogen-bond donors (Lipinski definition) is 2.